The first-order valence-electron chi connectivity index (χ1n) is 4.77. The first kappa shape index (κ1) is 12.7. The lowest BCUT2D eigenvalue weighted by Gasteiger charge is -2.02. The minimum absolute atomic E-state index is 0.129. The molecule has 1 fully saturated rings. The predicted molar refractivity (Wildman–Crippen MR) is 59.7 cm³/mol. The molecule has 0 aromatic heterocycles. The van der Waals surface area contributed by atoms with Gasteiger partial charge in [-0.1, -0.05) is 29.8 Å². The second-order valence-corrected chi connectivity index (χ2v) is 3.63. The molecule has 16 heavy (non-hydrogen) atoms. The zero-order chi connectivity index (χ0) is 11.8. The lowest BCUT2D eigenvalue weighted by atomic mass is 10.2. The van der Waals surface area contributed by atoms with E-state index >= 15 is 0 Å². The summed E-state index contributed by atoms with van der Waals surface area (Å²) in [7, 11) is 0. The Hall–Kier alpha value is -1.39. The van der Waals surface area contributed by atoms with Gasteiger partial charge in [-0.05, 0) is 12.1 Å². The van der Waals surface area contributed by atoms with Gasteiger partial charge in [0.2, 0.25) is 6.41 Å². The summed E-state index contributed by atoms with van der Waals surface area (Å²) in [5.74, 6) is -0.129. The van der Waals surface area contributed by atoms with Gasteiger partial charge in [-0.15, -0.1) is 0 Å². The van der Waals surface area contributed by atoms with Crippen LogP contribution in [0.5, 0.6) is 0 Å². The van der Waals surface area contributed by atoms with E-state index in [1.54, 1.807) is 0 Å². The molecule has 0 bridgehead atoms. The maximum absolute atomic E-state index is 10.0. The van der Waals surface area contributed by atoms with Crippen molar-refractivity contribution < 1.29 is 14.4 Å². The van der Waals surface area contributed by atoms with Crippen molar-refractivity contribution in [3.8, 4) is 0 Å². The lowest BCUT2D eigenvalue weighted by Crippen LogP contribution is -2.16. The largest absolute Gasteiger partial charge is 0.303 e. The standard InChI is InChI=1S/C6H5Cl.C5H7NO3/c7-6-4-2-1-3-5-6;7-2-5-1-6(4-8)9-3-5/h1-5H;2,4-5H,1,3H2. The molecule has 0 aliphatic carbocycles. The summed E-state index contributed by atoms with van der Waals surface area (Å²) in [6.45, 7) is 0.731. The van der Waals surface area contributed by atoms with Crippen LogP contribution in [0.15, 0.2) is 30.3 Å². The van der Waals surface area contributed by atoms with Crippen LogP contribution in [0.3, 0.4) is 0 Å². The molecule has 0 radical (unpaired) electrons. The molecule has 4 nitrogen and oxygen atoms in total. The number of benzene rings is 1. The zero-order valence-electron chi connectivity index (χ0n) is 8.58. The molecule has 2 rings (SSSR count). The number of carbonyl (C=O) groups is 2. The van der Waals surface area contributed by atoms with E-state index < -0.39 is 0 Å². The Labute approximate surface area is 98.7 Å². The molecule has 1 aliphatic rings. The average molecular weight is 242 g/mol. The monoisotopic (exact) mass is 241 g/mol. The molecular formula is C11H12ClNO3. The fourth-order valence-corrected chi connectivity index (χ4v) is 1.24. The maximum atomic E-state index is 10.0. The Kier molecular flexibility index (Phi) is 5.53. The number of rotatable bonds is 2. The third-order valence-corrected chi connectivity index (χ3v) is 2.16. The number of hydrogen-bond donors (Lipinski definition) is 0. The van der Waals surface area contributed by atoms with Crippen molar-refractivity contribution in [2.75, 3.05) is 13.2 Å². The second kappa shape index (κ2) is 6.98. The quantitative estimate of drug-likeness (QED) is 0.738. The van der Waals surface area contributed by atoms with Crippen molar-refractivity contribution in [3.63, 3.8) is 0 Å². The van der Waals surface area contributed by atoms with Crippen molar-refractivity contribution in [2.45, 2.75) is 0 Å². The van der Waals surface area contributed by atoms with E-state index in [1.165, 1.54) is 0 Å². The topological polar surface area (TPSA) is 46.6 Å². The van der Waals surface area contributed by atoms with E-state index in [0.29, 0.717) is 19.6 Å². The molecule has 86 valence electrons. The number of halogens is 1. The fourth-order valence-electron chi connectivity index (χ4n) is 1.10. The summed E-state index contributed by atoms with van der Waals surface area (Å²) in [6, 6.07) is 9.44. The van der Waals surface area contributed by atoms with Crippen LogP contribution in [0.2, 0.25) is 5.02 Å². The second-order valence-electron chi connectivity index (χ2n) is 3.19. The predicted octanol–water partition coefficient (Wildman–Crippen LogP) is 1.55. The summed E-state index contributed by atoms with van der Waals surface area (Å²) in [5.41, 5.74) is 0. The van der Waals surface area contributed by atoms with E-state index in [-0.39, 0.29) is 5.92 Å². The van der Waals surface area contributed by atoms with Crippen LogP contribution in [0.4, 0.5) is 0 Å². The number of nitrogens with zero attached hydrogens (tertiary/aromatic N) is 1. The van der Waals surface area contributed by atoms with Crippen molar-refractivity contribution in [1.82, 2.24) is 5.06 Å². The highest BCUT2D eigenvalue weighted by molar-refractivity contribution is 6.30. The van der Waals surface area contributed by atoms with Gasteiger partial charge in [0.25, 0.3) is 0 Å². The molecule has 0 saturated carbocycles. The minimum atomic E-state index is -0.129. The van der Waals surface area contributed by atoms with Gasteiger partial charge in [0.15, 0.2) is 0 Å². The normalized spacial score (nSPS) is 18.6. The molecule has 1 unspecified atom stereocenters. The Morgan fingerprint density at radius 3 is 2.31 bits per heavy atom. The van der Waals surface area contributed by atoms with E-state index in [1.807, 2.05) is 30.3 Å². The number of carbonyl (C=O) groups excluding carboxylic acids is 2. The molecule has 1 atom stereocenters. The van der Waals surface area contributed by atoms with Crippen molar-refractivity contribution in [2.24, 2.45) is 5.92 Å². The molecule has 0 N–H and O–H groups in total. The third-order valence-electron chi connectivity index (χ3n) is 1.91. The first-order valence-corrected chi connectivity index (χ1v) is 5.14. The zero-order valence-corrected chi connectivity index (χ0v) is 9.34. The molecule has 1 amide bonds. The number of hydroxylamine groups is 2. The van der Waals surface area contributed by atoms with Gasteiger partial charge >= 0.3 is 0 Å². The fraction of sp³-hybridized carbons (Fsp3) is 0.273. The van der Waals surface area contributed by atoms with Gasteiger partial charge in [-0.25, -0.2) is 5.06 Å². The lowest BCUT2D eigenvalue weighted by molar-refractivity contribution is -0.153. The van der Waals surface area contributed by atoms with Crippen molar-refractivity contribution >= 4 is 24.3 Å². The highest BCUT2D eigenvalue weighted by Gasteiger charge is 2.21. The minimum Gasteiger partial charge on any atom is -0.303 e. The van der Waals surface area contributed by atoms with Crippen LogP contribution in [0.25, 0.3) is 0 Å². The van der Waals surface area contributed by atoms with Crippen LogP contribution in [0.1, 0.15) is 0 Å². The summed E-state index contributed by atoms with van der Waals surface area (Å²) < 4.78 is 0. The molecule has 5 heteroatoms. The summed E-state index contributed by atoms with van der Waals surface area (Å²) >= 11 is 5.54. The Balaban J connectivity index is 0.000000165. The Bertz CT molecular complexity index is 317. The van der Waals surface area contributed by atoms with E-state index in [0.717, 1.165) is 16.4 Å². The smallest absolute Gasteiger partial charge is 0.233 e. The highest BCUT2D eigenvalue weighted by Crippen LogP contribution is 2.06. The van der Waals surface area contributed by atoms with Crippen molar-refractivity contribution in [3.05, 3.63) is 35.4 Å². The molecule has 1 heterocycles. The van der Waals surface area contributed by atoms with E-state index in [9.17, 15) is 9.59 Å². The van der Waals surface area contributed by atoms with Crippen LogP contribution in [-0.4, -0.2) is 30.9 Å². The van der Waals surface area contributed by atoms with Gasteiger partial charge in [-0.3, -0.25) is 9.63 Å². The van der Waals surface area contributed by atoms with Crippen LogP contribution in [0, 0.1) is 5.92 Å². The number of hydrogen-bond acceptors (Lipinski definition) is 3. The Morgan fingerprint density at radius 1 is 1.31 bits per heavy atom. The Morgan fingerprint density at radius 2 is 2.00 bits per heavy atom. The summed E-state index contributed by atoms with van der Waals surface area (Å²) in [4.78, 5) is 24.7. The highest BCUT2D eigenvalue weighted by atomic mass is 35.5. The molecule has 1 aliphatic heterocycles. The third kappa shape index (κ3) is 4.42. The molecule has 1 aromatic carbocycles. The SMILES string of the molecule is Clc1ccccc1.O=CC1CON(C=O)C1. The van der Waals surface area contributed by atoms with Crippen LogP contribution in [-0.2, 0) is 14.4 Å². The van der Waals surface area contributed by atoms with Crippen LogP contribution >= 0.6 is 11.6 Å². The molecule has 1 aromatic rings. The van der Waals surface area contributed by atoms with Gasteiger partial charge in [0, 0.05) is 5.02 Å². The van der Waals surface area contributed by atoms with Crippen molar-refractivity contribution in [1.29, 1.82) is 0 Å². The number of aldehydes is 1. The first-order chi connectivity index (χ1) is 7.76. The van der Waals surface area contributed by atoms with Gasteiger partial charge in [-0.2, -0.15) is 0 Å². The van der Waals surface area contributed by atoms with Gasteiger partial charge in [0.05, 0.1) is 19.1 Å². The number of amides is 1. The summed E-state index contributed by atoms with van der Waals surface area (Å²) in [6.07, 6.45) is 1.37. The van der Waals surface area contributed by atoms with Gasteiger partial charge in [0.1, 0.15) is 6.29 Å². The molecule has 1 saturated heterocycles. The molecule has 0 spiro atoms. The van der Waals surface area contributed by atoms with E-state index in [4.69, 9.17) is 16.4 Å². The van der Waals surface area contributed by atoms with Gasteiger partial charge < -0.3 is 4.79 Å². The van der Waals surface area contributed by atoms with E-state index in [2.05, 4.69) is 0 Å². The summed E-state index contributed by atoms with van der Waals surface area (Å²) in [5, 5.41) is 1.92. The molecular weight excluding hydrogens is 230 g/mol. The van der Waals surface area contributed by atoms with Crippen LogP contribution < -0.4 is 0 Å². The average Bonchev–Trinajstić information content (AvgIpc) is 2.79. The maximum Gasteiger partial charge on any atom is 0.233 e.